The van der Waals surface area contributed by atoms with E-state index >= 15 is 0 Å². The summed E-state index contributed by atoms with van der Waals surface area (Å²) < 4.78 is 15.1. The Labute approximate surface area is 308 Å². The summed E-state index contributed by atoms with van der Waals surface area (Å²) in [5, 5.41) is 3.51. The fourth-order valence-corrected chi connectivity index (χ4v) is 7.91. The van der Waals surface area contributed by atoms with E-state index in [1.165, 1.54) is 44.1 Å². The van der Waals surface area contributed by atoms with Crippen molar-refractivity contribution in [3.8, 4) is 39.1 Å². The number of aryl methyl sites for hydroxylation is 1. The number of rotatable bonds is 7. The Kier molecular flexibility index (Phi) is 7.47. The Morgan fingerprint density at radius 2 is 1.08 bits per heavy atom. The monoisotopic (exact) mass is 684 g/mol. The highest BCUT2D eigenvalue weighted by Crippen LogP contribution is 2.40. The van der Waals surface area contributed by atoms with E-state index in [2.05, 4.69) is 168 Å². The summed E-state index contributed by atoms with van der Waals surface area (Å²) in [5.41, 5.74) is 21.0. The van der Waals surface area contributed by atoms with Gasteiger partial charge < -0.3 is 19.5 Å². The van der Waals surface area contributed by atoms with Gasteiger partial charge in [0, 0.05) is 34.7 Å². The number of allylic oxidation sites excluding steroid dienone is 1. The molecule has 7 aromatic carbocycles. The van der Waals surface area contributed by atoms with Gasteiger partial charge in [-0.05, 0) is 81.4 Å². The van der Waals surface area contributed by atoms with Crippen molar-refractivity contribution in [2.24, 2.45) is 5.73 Å². The van der Waals surface area contributed by atoms with Crippen molar-refractivity contribution in [1.82, 2.24) is 4.57 Å². The summed E-state index contributed by atoms with van der Waals surface area (Å²) in [6.45, 7) is 0.439. The van der Waals surface area contributed by atoms with E-state index in [4.69, 9.17) is 14.9 Å². The van der Waals surface area contributed by atoms with Gasteiger partial charge in [-0.3, -0.25) is 0 Å². The number of benzene rings is 7. The van der Waals surface area contributed by atoms with E-state index in [1.807, 2.05) is 6.07 Å². The van der Waals surface area contributed by atoms with Crippen LogP contribution in [0.3, 0.4) is 0 Å². The van der Waals surface area contributed by atoms with E-state index in [9.17, 15) is 0 Å². The summed E-state index contributed by atoms with van der Waals surface area (Å²) >= 11 is 0. The first-order chi connectivity index (χ1) is 26.2. The smallest absolute Gasteiger partial charge is 0.135 e. The third kappa shape index (κ3) is 5.47. The van der Waals surface area contributed by atoms with Crippen molar-refractivity contribution in [2.45, 2.75) is 19.4 Å². The molecular formula is C49H36N2O2. The second-order valence-electron chi connectivity index (χ2n) is 13.8. The molecule has 2 N–H and O–H groups in total. The number of aromatic nitrogens is 1. The summed E-state index contributed by atoms with van der Waals surface area (Å²) in [7, 11) is 0. The Hall–Kier alpha value is -6.78. The zero-order valence-corrected chi connectivity index (χ0v) is 29.1. The molecular weight excluding hydrogens is 649 g/mol. The fourth-order valence-electron chi connectivity index (χ4n) is 7.91. The molecule has 0 amide bonds. The molecule has 1 aliphatic carbocycles. The van der Waals surface area contributed by atoms with Crippen LogP contribution in [-0.4, -0.2) is 4.57 Å². The zero-order valence-electron chi connectivity index (χ0n) is 29.1. The van der Waals surface area contributed by atoms with Crippen LogP contribution in [0.1, 0.15) is 23.3 Å². The molecule has 0 saturated carbocycles. The minimum atomic E-state index is 0.439. The molecule has 0 bridgehead atoms. The Bertz CT molecular complexity index is 2810. The predicted molar refractivity (Wildman–Crippen MR) is 218 cm³/mol. The van der Waals surface area contributed by atoms with Crippen molar-refractivity contribution in [2.75, 3.05) is 0 Å². The van der Waals surface area contributed by atoms with Crippen LogP contribution in [0, 0.1) is 0 Å². The van der Waals surface area contributed by atoms with Crippen LogP contribution < -0.4 is 5.73 Å². The summed E-state index contributed by atoms with van der Waals surface area (Å²) in [5.74, 6) is 1.74. The largest absolute Gasteiger partial charge is 0.491 e. The molecule has 0 fully saturated rings. The minimum absolute atomic E-state index is 0.439. The molecule has 2 heterocycles. The maximum atomic E-state index is 6.87. The van der Waals surface area contributed by atoms with Crippen molar-refractivity contribution in [3.05, 3.63) is 193 Å². The van der Waals surface area contributed by atoms with Gasteiger partial charge in [0.1, 0.15) is 23.7 Å². The van der Waals surface area contributed by atoms with Gasteiger partial charge in [-0.25, -0.2) is 0 Å². The maximum Gasteiger partial charge on any atom is 0.135 e. The molecule has 0 spiro atoms. The third-order valence-electron chi connectivity index (χ3n) is 10.6. The molecule has 10 rings (SSSR count). The van der Waals surface area contributed by atoms with E-state index in [1.54, 1.807) is 0 Å². The van der Waals surface area contributed by atoms with E-state index in [0.717, 1.165) is 56.9 Å². The summed E-state index contributed by atoms with van der Waals surface area (Å²) in [6, 6.07) is 60.2. The van der Waals surface area contributed by atoms with E-state index in [0.29, 0.717) is 18.7 Å². The number of hydrogen-bond acceptors (Lipinski definition) is 3. The number of ether oxygens (including phenoxy) is 1. The van der Waals surface area contributed by atoms with Gasteiger partial charge >= 0.3 is 0 Å². The summed E-state index contributed by atoms with van der Waals surface area (Å²) in [6.07, 6.45) is 1.46. The number of nitrogens with two attached hydrogens (primary N) is 1. The van der Waals surface area contributed by atoms with Crippen LogP contribution in [-0.2, 0) is 17.8 Å². The first-order valence-corrected chi connectivity index (χ1v) is 18.2. The first kappa shape index (κ1) is 31.0. The maximum absolute atomic E-state index is 6.87. The van der Waals surface area contributed by atoms with Crippen LogP contribution in [0.25, 0.3) is 77.5 Å². The van der Waals surface area contributed by atoms with Crippen LogP contribution in [0.4, 0.5) is 0 Å². The second kappa shape index (κ2) is 12.8. The molecule has 0 radical (unpaired) electrons. The molecule has 0 saturated heterocycles. The SMILES string of the molecule is NC1=C(OCc2ccc(-n3c4ccccc4c4cc(-c5ccccc5)ccc43)cc2)CCc2oc3ccc(-c4ccc(-c5ccccc5)cc4)cc3c21. The highest BCUT2D eigenvalue weighted by atomic mass is 16.5. The third-order valence-corrected chi connectivity index (χ3v) is 10.6. The lowest BCUT2D eigenvalue weighted by atomic mass is 9.95. The molecule has 0 atom stereocenters. The van der Waals surface area contributed by atoms with Crippen LogP contribution in [0.5, 0.6) is 0 Å². The summed E-state index contributed by atoms with van der Waals surface area (Å²) in [4.78, 5) is 0. The Morgan fingerprint density at radius 3 is 1.81 bits per heavy atom. The molecule has 2 aromatic heterocycles. The molecule has 4 heteroatoms. The van der Waals surface area contributed by atoms with Gasteiger partial charge in [0.15, 0.2) is 0 Å². The van der Waals surface area contributed by atoms with Gasteiger partial charge in [-0.1, -0.05) is 127 Å². The number of hydrogen-bond donors (Lipinski definition) is 1. The molecule has 1 aliphatic rings. The quantitative estimate of drug-likeness (QED) is 0.182. The van der Waals surface area contributed by atoms with Gasteiger partial charge in [-0.15, -0.1) is 0 Å². The molecule has 9 aromatic rings. The predicted octanol–water partition coefficient (Wildman–Crippen LogP) is 12.3. The standard InChI is InChI=1S/C49H36N2O2/c50-49-47(28-27-46-48(49)42-30-38(22-26-45(42)53-46)36-19-17-35(18-20-36)33-9-3-1-4-10-33)52-31-32-15-23-39(24-16-32)51-43-14-8-7-13-40(43)41-29-37(21-25-44(41)51)34-11-5-2-6-12-34/h1-26,29-30H,27-28,31,50H2. The van der Waals surface area contributed by atoms with Crippen molar-refractivity contribution in [3.63, 3.8) is 0 Å². The van der Waals surface area contributed by atoms with Crippen molar-refractivity contribution in [1.29, 1.82) is 0 Å². The minimum Gasteiger partial charge on any atom is -0.491 e. The second-order valence-corrected chi connectivity index (χ2v) is 13.8. The average molecular weight is 685 g/mol. The molecule has 254 valence electrons. The highest BCUT2D eigenvalue weighted by molar-refractivity contribution is 6.10. The van der Waals surface area contributed by atoms with Crippen LogP contribution in [0.15, 0.2) is 180 Å². The lowest BCUT2D eigenvalue weighted by Crippen LogP contribution is -2.12. The Balaban J connectivity index is 0.912. The average Bonchev–Trinajstić information content (AvgIpc) is 3.77. The number of nitrogens with zero attached hydrogens (tertiary/aromatic N) is 1. The topological polar surface area (TPSA) is 53.3 Å². The lowest BCUT2D eigenvalue weighted by molar-refractivity contribution is 0.188. The fraction of sp³-hybridized carbons (Fsp3) is 0.0612. The lowest BCUT2D eigenvalue weighted by Gasteiger charge is -2.18. The molecule has 0 aliphatic heterocycles. The Morgan fingerprint density at radius 1 is 0.509 bits per heavy atom. The normalized spacial score (nSPS) is 12.8. The number of furan rings is 1. The van der Waals surface area contributed by atoms with Gasteiger partial charge in [0.2, 0.25) is 0 Å². The van der Waals surface area contributed by atoms with Crippen LogP contribution in [0.2, 0.25) is 0 Å². The molecule has 4 nitrogen and oxygen atoms in total. The zero-order chi connectivity index (χ0) is 35.3. The van der Waals surface area contributed by atoms with Gasteiger partial charge in [0.25, 0.3) is 0 Å². The van der Waals surface area contributed by atoms with E-state index < -0.39 is 0 Å². The molecule has 53 heavy (non-hydrogen) atoms. The first-order valence-electron chi connectivity index (χ1n) is 18.2. The van der Waals surface area contributed by atoms with Crippen LogP contribution >= 0.6 is 0 Å². The number of para-hydroxylation sites is 1. The van der Waals surface area contributed by atoms with Gasteiger partial charge in [0.05, 0.1) is 22.3 Å². The molecule has 0 unspecified atom stereocenters. The highest BCUT2D eigenvalue weighted by Gasteiger charge is 2.25. The van der Waals surface area contributed by atoms with E-state index in [-0.39, 0.29) is 0 Å². The van der Waals surface area contributed by atoms with Gasteiger partial charge in [-0.2, -0.15) is 0 Å². The van der Waals surface area contributed by atoms with Crippen molar-refractivity contribution >= 4 is 38.5 Å². The number of fused-ring (bicyclic) bond motifs is 6. The van der Waals surface area contributed by atoms with Crippen molar-refractivity contribution < 1.29 is 9.15 Å².